The molecule has 26 heavy (non-hydrogen) atoms. The van der Waals surface area contributed by atoms with Crippen LogP contribution < -0.4 is 4.74 Å². The van der Waals surface area contributed by atoms with Crippen LogP contribution in [0.15, 0.2) is 53.2 Å². The number of ketones is 1. The third-order valence-electron chi connectivity index (χ3n) is 4.98. The van der Waals surface area contributed by atoms with Crippen LogP contribution in [0.25, 0.3) is 10.8 Å². The highest BCUT2D eigenvalue weighted by molar-refractivity contribution is 7.08. The van der Waals surface area contributed by atoms with E-state index in [4.69, 9.17) is 4.74 Å². The van der Waals surface area contributed by atoms with Gasteiger partial charge in [-0.05, 0) is 66.3 Å². The molecule has 1 saturated heterocycles. The van der Waals surface area contributed by atoms with Gasteiger partial charge >= 0.3 is 0 Å². The third kappa shape index (κ3) is 3.97. The Morgan fingerprint density at radius 1 is 0.962 bits per heavy atom. The number of hydrogen-bond acceptors (Lipinski definition) is 4. The summed E-state index contributed by atoms with van der Waals surface area (Å²) >= 11 is 1.55. The van der Waals surface area contributed by atoms with Crippen LogP contribution in [0.5, 0.6) is 5.75 Å². The second-order valence-electron chi connectivity index (χ2n) is 6.82. The van der Waals surface area contributed by atoms with Gasteiger partial charge < -0.3 is 4.74 Å². The minimum atomic E-state index is 0.0787. The van der Waals surface area contributed by atoms with Crippen molar-refractivity contribution in [1.82, 2.24) is 4.90 Å². The molecular formula is C22H23NO2S. The second-order valence-corrected chi connectivity index (χ2v) is 7.60. The summed E-state index contributed by atoms with van der Waals surface area (Å²) in [5, 5.41) is 5.99. The fraction of sp³-hybridized carbons (Fsp3) is 0.318. The van der Waals surface area contributed by atoms with Crippen molar-refractivity contribution in [3.8, 4) is 5.75 Å². The van der Waals surface area contributed by atoms with E-state index in [2.05, 4.69) is 11.0 Å². The first-order chi connectivity index (χ1) is 12.8. The third-order valence-corrected chi connectivity index (χ3v) is 5.67. The monoisotopic (exact) mass is 365 g/mol. The van der Waals surface area contributed by atoms with Crippen LogP contribution in [0, 0.1) is 0 Å². The largest absolute Gasteiger partial charge is 0.492 e. The Bertz CT molecular complexity index is 882. The van der Waals surface area contributed by atoms with Gasteiger partial charge in [-0.25, -0.2) is 0 Å². The molecule has 1 aliphatic rings. The van der Waals surface area contributed by atoms with Crippen molar-refractivity contribution in [3.63, 3.8) is 0 Å². The van der Waals surface area contributed by atoms with Gasteiger partial charge in [-0.3, -0.25) is 9.69 Å². The molecule has 0 radical (unpaired) electrons. The van der Waals surface area contributed by atoms with E-state index in [9.17, 15) is 4.79 Å². The molecule has 4 rings (SSSR count). The number of benzene rings is 2. The molecule has 134 valence electrons. The first kappa shape index (κ1) is 17.3. The van der Waals surface area contributed by atoms with Gasteiger partial charge in [0.1, 0.15) is 12.4 Å². The molecule has 4 heteroatoms. The van der Waals surface area contributed by atoms with Crippen molar-refractivity contribution >= 4 is 27.9 Å². The van der Waals surface area contributed by atoms with E-state index in [1.807, 2.05) is 47.2 Å². The van der Waals surface area contributed by atoms with E-state index in [0.717, 1.165) is 40.8 Å². The number of piperidine rings is 1. The van der Waals surface area contributed by atoms with Gasteiger partial charge in [-0.2, -0.15) is 11.3 Å². The molecule has 1 aliphatic heterocycles. The number of likely N-dealkylation sites (tertiary alicyclic amines) is 1. The second kappa shape index (κ2) is 8.02. The van der Waals surface area contributed by atoms with E-state index >= 15 is 0 Å². The van der Waals surface area contributed by atoms with Crippen LogP contribution in [-0.2, 0) is 0 Å². The summed E-state index contributed by atoms with van der Waals surface area (Å²) in [6.07, 6.45) is 3.98. The standard InChI is InChI=1S/C22H23NO2S/c24-22(20-8-13-26-16-20)19-5-4-18-15-21(7-6-17(18)14-19)25-12-11-23-9-2-1-3-10-23/h4-8,13-16H,1-3,9-12H2. The maximum atomic E-state index is 12.5. The Labute approximate surface area is 158 Å². The van der Waals surface area contributed by atoms with Gasteiger partial charge in [0.25, 0.3) is 0 Å². The van der Waals surface area contributed by atoms with Gasteiger partial charge in [0.2, 0.25) is 0 Å². The maximum absolute atomic E-state index is 12.5. The summed E-state index contributed by atoms with van der Waals surface area (Å²) in [6.45, 7) is 4.11. The molecule has 1 aromatic heterocycles. The summed E-state index contributed by atoms with van der Waals surface area (Å²) in [5.41, 5.74) is 1.49. The Morgan fingerprint density at radius 3 is 2.58 bits per heavy atom. The molecule has 1 fully saturated rings. The molecule has 0 atom stereocenters. The molecule has 0 unspecified atom stereocenters. The first-order valence-corrected chi connectivity index (χ1v) is 10.2. The molecule has 0 amide bonds. The Hall–Kier alpha value is -2.17. The van der Waals surface area contributed by atoms with Crippen molar-refractivity contribution < 1.29 is 9.53 Å². The molecule has 0 saturated carbocycles. The normalized spacial score (nSPS) is 15.2. The van der Waals surface area contributed by atoms with Gasteiger partial charge in [-0.15, -0.1) is 0 Å². The van der Waals surface area contributed by atoms with Crippen molar-refractivity contribution in [2.45, 2.75) is 19.3 Å². The summed E-state index contributed by atoms with van der Waals surface area (Å²) in [5.74, 6) is 0.974. The molecule has 3 aromatic rings. The van der Waals surface area contributed by atoms with Crippen molar-refractivity contribution in [3.05, 3.63) is 64.4 Å². The lowest BCUT2D eigenvalue weighted by atomic mass is 10.0. The summed E-state index contributed by atoms with van der Waals surface area (Å²) in [4.78, 5) is 15.0. The molecule has 0 bridgehead atoms. The molecular weight excluding hydrogens is 342 g/mol. The fourth-order valence-corrected chi connectivity index (χ4v) is 4.13. The van der Waals surface area contributed by atoms with Gasteiger partial charge in [0.15, 0.2) is 5.78 Å². The molecule has 3 nitrogen and oxygen atoms in total. The van der Waals surface area contributed by atoms with Crippen LogP contribution in [-0.4, -0.2) is 36.9 Å². The van der Waals surface area contributed by atoms with Gasteiger partial charge in [-0.1, -0.05) is 24.6 Å². The smallest absolute Gasteiger partial charge is 0.193 e. The molecule has 0 aliphatic carbocycles. The highest BCUT2D eigenvalue weighted by Gasteiger charge is 2.11. The number of ether oxygens (including phenoxy) is 1. The summed E-state index contributed by atoms with van der Waals surface area (Å²) in [7, 11) is 0. The first-order valence-electron chi connectivity index (χ1n) is 9.25. The zero-order valence-electron chi connectivity index (χ0n) is 14.8. The predicted octanol–water partition coefficient (Wildman–Crippen LogP) is 5.00. The van der Waals surface area contributed by atoms with Crippen LogP contribution in [0.2, 0.25) is 0 Å². The SMILES string of the molecule is O=C(c1ccsc1)c1ccc2cc(OCCN3CCCCC3)ccc2c1. The maximum Gasteiger partial charge on any atom is 0.193 e. The van der Waals surface area contributed by atoms with Crippen LogP contribution in [0.3, 0.4) is 0 Å². The number of carbonyl (C=O) groups is 1. The molecule has 2 aromatic carbocycles. The lowest BCUT2D eigenvalue weighted by Crippen LogP contribution is -2.33. The van der Waals surface area contributed by atoms with Crippen LogP contribution in [0.4, 0.5) is 0 Å². The van der Waals surface area contributed by atoms with Crippen molar-refractivity contribution in [2.75, 3.05) is 26.2 Å². The Morgan fingerprint density at radius 2 is 1.77 bits per heavy atom. The predicted molar refractivity (Wildman–Crippen MR) is 107 cm³/mol. The Balaban J connectivity index is 1.42. The zero-order valence-corrected chi connectivity index (χ0v) is 15.6. The molecule has 0 spiro atoms. The highest BCUT2D eigenvalue weighted by atomic mass is 32.1. The van der Waals surface area contributed by atoms with E-state index in [1.165, 1.54) is 32.4 Å². The van der Waals surface area contributed by atoms with E-state index < -0.39 is 0 Å². The highest BCUT2D eigenvalue weighted by Crippen LogP contribution is 2.24. The van der Waals surface area contributed by atoms with Crippen molar-refractivity contribution in [1.29, 1.82) is 0 Å². The van der Waals surface area contributed by atoms with E-state index in [-0.39, 0.29) is 5.78 Å². The quantitative estimate of drug-likeness (QED) is 0.576. The Kier molecular flexibility index (Phi) is 5.32. The molecule has 0 N–H and O–H groups in total. The van der Waals surface area contributed by atoms with Crippen LogP contribution >= 0.6 is 11.3 Å². The number of nitrogens with zero attached hydrogens (tertiary/aromatic N) is 1. The fourth-order valence-electron chi connectivity index (χ4n) is 3.49. The van der Waals surface area contributed by atoms with E-state index in [1.54, 1.807) is 11.3 Å². The summed E-state index contributed by atoms with van der Waals surface area (Å²) in [6, 6.07) is 13.8. The lowest BCUT2D eigenvalue weighted by molar-refractivity contribution is 0.103. The summed E-state index contributed by atoms with van der Waals surface area (Å²) < 4.78 is 5.95. The molecule has 2 heterocycles. The van der Waals surface area contributed by atoms with Crippen molar-refractivity contribution in [2.24, 2.45) is 0 Å². The van der Waals surface area contributed by atoms with Gasteiger partial charge in [0, 0.05) is 23.1 Å². The number of carbonyl (C=O) groups excluding carboxylic acids is 1. The lowest BCUT2D eigenvalue weighted by Gasteiger charge is -2.26. The minimum absolute atomic E-state index is 0.0787. The van der Waals surface area contributed by atoms with Crippen LogP contribution in [0.1, 0.15) is 35.2 Å². The number of hydrogen-bond donors (Lipinski definition) is 0. The topological polar surface area (TPSA) is 29.5 Å². The number of fused-ring (bicyclic) bond motifs is 1. The average molecular weight is 365 g/mol. The number of thiophene rings is 1. The average Bonchev–Trinajstić information content (AvgIpc) is 3.22. The van der Waals surface area contributed by atoms with Gasteiger partial charge in [0.05, 0.1) is 0 Å². The number of rotatable bonds is 6. The van der Waals surface area contributed by atoms with E-state index in [0.29, 0.717) is 0 Å². The zero-order chi connectivity index (χ0) is 17.8. The minimum Gasteiger partial charge on any atom is -0.492 e.